The van der Waals surface area contributed by atoms with E-state index in [-0.39, 0.29) is 13.2 Å². The van der Waals surface area contributed by atoms with E-state index in [1.807, 2.05) is 35.8 Å². The van der Waals surface area contributed by atoms with Crippen LogP contribution in [0.1, 0.15) is 19.7 Å². The van der Waals surface area contributed by atoms with Crippen LogP contribution in [-0.4, -0.2) is 37.0 Å². The molecule has 1 unspecified atom stereocenters. The molecular formula is C16H21N4O5P. The highest BCUT2D eigenvalue weighted by Crippen LogP contribution is 2.38. The molecule has 0 amide bonds. The molecule has 0 spiro atoms. The molecule has 0 saturated heterocycles. The molecule has 0 bridgehead atoms. The van der Waals surface area contributed by atoms with Crippen molar-refractivity contribution in [3.05, 3.63) is 30.1 Å². The van der Waals surface area contributed by atoms with Crippen molar-refractivity contribution in [3.8, 4) is 0 Å². The molecule has 0 fully saturated rings. The zero-order chi connectivity index (χ0) is 18.9. The van der Waals surface area contributed by atoms with Crippen molar-refractivity contribution in [2.75, 3.05) is 12.3 Å². The molecule has 0 radical (unpaired) electrons. The van der Waals surface area contributed by atoms with E-state index in [1.54, 1.807) is 6.92 Å². The first kappa shape index (κ1) is 18.8. The number of hydrogen-bond donors (Lipinski definition) is 3. The van der Waals surface area contributed by atoms with Crippen molar-refractivity contribution in [2.24, 2.45) is 0 Å². The summed E-state index contributed by atoms with van der Waals surface area (Å²) in [5, 5.41) is 0.843. The maximum absolute atomic E-state index is 11.1. The third-order valence-corrected chi connectivity index (χ3v) is 4.52. The molecule has 0 saturated carbocycles. The van der Waals surface area contributed by atoms with E-state index in [1.165, 1.54) is 0 Å². The zero-order valence-electron chi connectivity index (χ0n) is 14.5. The average molecular weight is 380 g/mol. The highest BCUT2D eigenvalue weighted by atomic mass is 31.2. The Labute approximate surface area is 150 Å². The summed E-state index contributed by atoms with van der Waals surface area (Å²) in [6.45, 7) is 4.38. The number of pyridine rings is 1. The smallest absolute Gasteiger partial charge is 0.382 e. The normalized spacial score (nSPS) is 13.5. The number of phosphoric acid groups is 1. The standard InChI is InChI=1S/C16H21N4O5P/c1-3-24-9-13-19-14-15(20(13)8-10(2)25-26(21,22)23)11-6-4-5-7-12(11)18-16(14)17/h4-7,10H,3,8-9H2,1-2H3,(H2,17,18)(H2,21,22,23). The number of anilines is 1. The second kappa shape index (κ2) is 7.30. The van der Waals surface area contributed by atoms with E-state index in [9.17, 15) is 4.57 Å². The summed E-state index contributed by atoms with van der Waals surface area (Å²) >= 11 is 0. The molecule has 2 heterocycles. The van der Waals surface area contributed by atoms with E-state index in [2.05, 4.69) is 9.97 Å². The molecule has 3 rings (SSSR count). The monoisotopic (exact) mass is 380 g/mol. The highest BCUT2D eigenvalue weighted by Gasteiger charge is 2.23. The number of imidazole rings is 1. The molecule has 26 heavy (non-hydrogen) atoms. The van der Waals surface area contributed by atoms with Crippen LogP contribution in [0.15, 0.2) is 24.3 Å². The van der Waals surface area contributed by atoms with Crippen LogP contribution in [0.25, 0.3) is 21.9 Å². The van der Waals surface area contributed by atoms with E-state index in [0.717, 1.165) is 10.9 Å². The molecule has 0 aliphatic heterocycles. The van der Waals surface area contributed by atoms with Gasteiger partial charge in [-0.1, -0.05) is 18.2 Å². The molecule has 10 heteroatoms. The molecule has 1 aromatic carbocycles. The minimum absolute atomic E-state index is 0.178. The minimum atomic E-state index is -4.60. The number of ether oxygens (including phenoxy) is 1. The van der Waals surface area contributed by atoms with Crippen molar-refractivity contribution in [1.82, 2.24) is 14.5 Å². The van der Waals surface area contributed by atoms with Gasteiger partial charge in [-0.2, -0.15) is 0 Å². The first-order valence-electron chi connectivity index (χ1n) is 8.15. The Hall–Kier alpha value is -2.03. The van der Waals surface area contributed by atoms with Crippen molar-refractivity contribution >= 4 is 35.6 Å². The highest BCUT2D eigenvalue weighted by molar-refractivity contribution is 7.46. The third-order valence-electron chi connectivity index (χ3n) is 3.88. The van der Waals surface area contributed by atoms with Gasteiger partial charge in [-0.25, -0.2) is 14.5 Å². The van der Waals surface area contributed by atoms with Gasteiger partial charge < -0.3 is 24.8 Å². The Morgan fingerprint density at radius 2 is 2.04 bits per heavy atom. The number of aromatic nitrogens is 3. The van der Waals surface area contributed by atoms with E-state index in [4.69, 9.17) is 24.8 Å². The number of nitrogens with two attached hydrogens (primary N) is 1. The van der Waals surface area contributed by atoms with Gasteiger partial charge in [0.05, 0.1) is 23.7 Å². The fourth-order valence-electron chi connectivity index (χ4n) is 2.93. The summed E-state index contributed by atoms with van der Waals surface area (Å²) in [5.74, 6) is 0.881. The largest absolute Gasteiger partial charge is 0.469 e. The second-order valence-electron chi connectivity index (χ2n) is 5.89. The van der Waals surface area contributed by atoms with Crippen LogP contribution in [-0.2, 0) is 27.0 Å². The summed E-state index contributed by atoms with van der Waals surface area (Å²) in [7, 11) is -4.60. The van der Waals surface area contributed by atoms with Crippen molar-refractivity contribution in [3.63, 3.8) is 0 Å². The molecule has 140 valence electrons. The predicted molar refractivity (Wildman–Crippen MR) is 97.4 cm³/mol. The summed E-state index contributed by atoms with van der Waals surface area (Å²) in [4.78, 5) is 27.1. The number of phosphoric ester groups is 1. The maximum Gasteiger partial charge on any atom is 0.469 e. The Morgan fingerprint density at radius 1 is 1.31 bits per heavy atom. The van der Waals surface area contributed by atoms with Crippen molar-refractivity contribution < 1.29 is 23.6 Å². The fraction of sp³-hybridized carbons (Fsp3) is 0.375. The first-order valence-corrected chi connectivity index (χ1v) is 9.68. The van der Waals surface area contributed by atoms with E-state index < -0.39 is 13.9 Å². The van der Waals surface area contributed by atoms with Crippen LogP contribution < -0.4 is 5.73 Å². The Bertz CT molecular complexity index is 984. The molecule has 9 nitrogen and oxygen atoms in total. The Balaban J connectivity index is 2.17. The SMILES string of the molecule is CCOCc1nc2c(N)nc3ccccc3c2n1CC(C)OP(=O)(O)O. The van der Waals surface area contributed by atoms with Gasteiger partial charge in [-0.15, -0.1) is 0 Å². The summed E-state index contributed by atoms with van der Waals surface area (Å²) in [6, 6.07) is 7.50. The number of benzene rings is 1. The lowest BCUT2D eigenvalue weighted by atomic mass is 10.2. The number of rotatable bonds is 7. The van der Waals surface area contributed by atoms with Crippen LogP contribution in [0, 0.1) is 0 Å². The lowest BCUT2D eigenvalue weighted by Crippen LogP contribution is -2.18. The number of nitrogens with zero attached hydrogens (tertiary/aromatic N) is 3. The summed E-state index contributed by atoms with van der Waals surface area (Å²) in [6.07, 6.45) is -0.748. The zero-order valence-corrected chi connectivity index (χ0v) is 15.4. The molecule has 1 atom stereocenters. The second-order valence-corrected chi connectivity index (χ2v) is 7.09. The Morgan fingerprint density at radius 3 is 2.73 bits per heavy atom. The summed E-state index contributed by atoms with van der Waals surface area (Å²) in [5.41, 5.74) is 8.06. The van der Waals surface area contributed by atoms with Crippen molar-refractivity contribution in [2.45, 2.75) is 33.1 Å². The number of para-hydroxylation sites is 1. The van der Waals surface area contributed by atoms with Gasteiger partial charge in [0.1, 0.15) is 17.9 Å². The van der Waals surface area contributed by atoms with Crippen LogP contribution >= 0.6 is 7.82 Å². The van der Waals surface area contributed by atoms with Gasteiger partial charge in [-0.3, -0.25) is 4.52 Å². The Kier molecular flexibility index (Phi) is 5.27. The number of fused-ring (bicyclic) bond motifs is 3. The van der Waals surface area contributed by atoms with Crippen LogP contribution in [0.5, 0.6) is 0 Å². The fourth-order valence-corrected chi connectivity index (χ4v) is 3.47. The maximum atomic E-state index is 11.1. The van der Waals surface area contributed by atoms with E-state index >= 15 is 0 Å². The molecule has 0 aliphatic carbocycles. The lowest BCUT2D eigenvalue weighted by molar-refractivity contribution is 0.115. The molecule has 2 aromatic heterocycles. The average Bonchev–Trinajstić information content (AvgIpc) is 2.90. The first-order chi connectivity index (χ1) is 12.3. The number of nitrogen functional groups attached to an aromatic ring is 1. The number of hydrogen-bond acceptors (Lipinski definition) is 6. The van der Waals surface area contributed by atoms with Gasteiger partial charge in [0.2, 0.25) is 0 Å². The quantitative estimate of drug-likeness (QED) is 0.531. The molecule has 4 N–H and O–H groups in total. The predicted octanol–water partition coefficient (Wildman–Crippen LogP) is 2.20. The molecule has 0 aliphatic rings. The van der Waals surface area contributed by atoms with Crippen LogP contribution in [0.4, 0.5) is 5.82 Å². The van der Waals surface area contributed by atoms with E-state index in [0.29, 0.717) is 29.3 Å². The van der Waals surface area contributed by atoms with Gasteiger partial charge in [0, 0.05) is 12.0 Å². The molecular weight excluding hydrogens is 359 g/mol. The van der Waals surface area contributed by atoms with Gasteiger partial charge in [0.25, 0.3) is 0 Å². The van der Waals surface area contributed by atoms with Crippen molar-refractivity contribution in [1.29, 1.82) is 0 Å². The molecule has 3 aromatic rings. The lowest BCUT2D eigenvalue weighted by Gasteiger charge is -2.17. The van der Waals surface area contributed by atoms with Crippen LogP contribution in [0.2, 0.25) is 0 Å². The minimum Gasteiger partial charge on any atom is -0.382 e. The van der Waals surface area contributed by atoms with Gasteiger partial charge >= 0.3 is 7.82 Å². The van der Waals surface area contributed by atoms with Crippen LogP contribution in [0.3, 0.4) is 0 Å². The van der Waals surface area contributed by atoms with Gasteiger partial charge in [-0.05, 0) is 19.9 Å². The summed E-state index contributed by atoms with van der Waals surface area (Å²) < 4.78 is 23.3. The topological polar surface area (TPSA) is 133 Å². The van der Waals surface area contributed by atoms with Gasteiger partial charge in [0.15, 0.2) is 5.82 Å². The third kappa shape index (κ3) is 3.87.